The number of rotatable bonds is 7. The Balaban J connectivity index is 1.63. The highest BCUT2D eigenvalue weighted by Crippen LogP contribution is 2.69. The van der Waals surface area contributed by atoms with Crippen molar-refractivity contribution >= 4 is 23.9 Å². The van der Waals surface area contributed by atoms with E-state index >= 15 is 0 Å². The van der Waals surface area contributed by atoms with Crippen molar-refractivity contribution in [3.8, 4) is 0 Å². The molecule has 1 saturated carbocycles. The van der Waals surface area contributed by atoms with Crippen LogP contribution >= 0.6 is 0 Å². The summed E-state index contributed by atoms with van der Waals surface area (Å²) in [5, 5.41) is 11.7. The average molecular weight is 593 g/mol. The van der Waals surface area contributed by atoms with E-state index in [1.165, 1.54) is 34.6 Å². The highest BCUT2D eigenvalue weighted by Gasteiger charge is 2.81. The lowest BCUT2D eigenvalue weighted by Gasteiger charge is -2.62. The molecule has 0 aromatic rings. The van der Waals surface area contributed by atoms with E-state index in [4.69, 9.17) is 33.2 Å². The molecule has 3 fully saturated rings. The third-order valence-corrected chi connectivity index (χ3v) is 9.91. The van der Waals surface area contributed by atoms with E-state index in [0.29, 0.717) is 6.42 Å². The fourth-order valence-corrected chi connectivity index (χ4v) is 7.75. The molecule has 12 heteroatoms. The molecular formula is C30H40O12. The number of ether oxygens (including phenoxy) is 7. The summed E-state index contributed by atoms with van der Waals surface area (Å²) in [7, 11) is 0. The Morgan fingerprint density at radius 3 is 2.33 bits per heavy atom. The second-order valence-electron chi connectivity index (χ2n) is 12.8. The molecule has 0 aromatic heterocycles. The summed E-state index contributed by atoms with van der Waals surface area (Å²) in [6.45, 7) is 10.3. The largest absolute Gasteiger partial charge is 0.472 e. The number of aliphatic hydroxyl groups excluding tert-OH is 1. The summed E-state index contributed by atoms with van der Waals surface area (Å²) >= 11 is 0. The van der Waals surface area contributed by atoms with Crippen LogP contribution in [0.1, 0.15) is 61.3 Å². The van der Waals surface area contributed by atoms with E-state index in [2.05, 4.69) is 0 Å². The zero-order valence-electron chi connectivity index (χ0n) is 25.0. The topological polar surface area (TPSA) is 156 Å². The molecule has 10 atom stereocenters. The van der Waals surface area contributed by atoms with Crippen LogP contribution in [0.5, 0.6) is 0 Å². The number of esters is 4. The van der Waals surface area contributed by atoms with Crippen LogP contribution < -0.4 is 0 Å². The number of carbonyl (C=O) groups excluding carboxylic acids is 4. The first-order valence-corrected chi connectivity index (χ1v) is 14.3. The van der Waals surface area contributed by atoms with Crippen molar-refractivity contribution in [2.24, 2.45) is 22.7 Å². The van der Waals surface area contributed by atoms with Gasteiger partial charge in [0, 0.05) is 32.1 Å². The minimum Gasteiger partial charge on any atom is -0.472 e. The quantitative estimate of drug-likeness (QED) is 0.199. The number of hydrogen-bond acceptors (Lipinski definition) is 12. The standard InChI is InChI=1S/C30H40O12/c1-15-10-23(39-17(3)32)29(13-37-16(2)31)21(28(15,7)22-11-19-8-9-36-25(19)40-22)12-20(34)24(30(29)14-38-30)41-26(35)27(5,6)42-18(4)33/h8-10,19-25,34H,11-14H2,1-7H3. The Bertz CT molecular complexity index is 1220. The van der Waals surface area contributed by atoms with Gasteiger partial charge >= 0.3 is 23.9 Å². The number of aliphatic hydroxyl groups is 1. The minimum atomic E-state index is -1.66. The third kappa shape index (κ3) is 4.62. The van der Waals surface area contributed by atoms with Gasteiger partial charge in [0.1, 0.15) is 18.3 Å². The zero-order valence-corrected chi connectivity index (χ0v) is 25.0. The van der Waals surface area contributed by atoms with Gasteiger partial charge in [-0.05, 0) is 51.7 Å². The summed E-state index contributed by atoms with van der Waals surface area (Å²) in [4.78, 5) is 49.7. The normalized spacial score (nSPS) is 41.6. The van der Waals surface area contributed by atoms with Gasteiger partial charge in [0.25, 0.3) is 0 Å². The van der Waals surface area contributed by atoms with Gasteiger partial charge in [-0.3, -0.25) is 14.4 Å². The van der Waals surface area contributed by atoms with Gasteiger partial charge in [0.05, 0.1) is 30.5 Å². The Morgan fingerprint density at radius 1 is 1.07 bits per heavy atom. The number of fused-ring (bicyclic) bond motifs is 3. The summed E-state index contributed by atoms with van der Waals surface area (Å²) in [5.74, 6) is -3.17. The number of epoxide rings is 1. The zero-order chi connectivity index (χ0) is 30.8. The highest BCUT2D eigenvalue weighted by molar-refractivity contribution is 5.82. The summed E-state index contributed by atoms with van der Waals surface area (Å²) in [6.07, 6.45) is 1.91. The van der Waals surface area contributed by atoms with E-state index in [-0.39, 0.29) is 31.7 Å². The SMILES string of the molecule is CC(=O)OCC12C(OC(C)=O)C=C(C)C(C)(C3CC4C=COC4O3)C1CC(O)C(OC(=O)C(C)(C)OC(C)=O)C21CO1. The van der Waals surface area contributed by atoms with Gasteiger partial charge in [-0.25, -0.2) is 4.79 Å². The molecule has 5 rings (SSSR count). The lowest BCUT2D eigenvalue weighted by Crippen LogP contribution is -2.73. The molecule has 3 aliphatic heterocycles. The van der Waals surface area contributed by atoms with E-state index in [1.807, 2.05) is 26.0 Å². The average Bonchev–Trinajstić information content (AvgIpc) is 3.36. The van der Waals surface area contributed by atoms with Gasteiger partial charge in [-0.1, -0.05) is 12.5 Å². The number of carbonyl (C=O) groups is 4. The lowest BCUT2D eigenvalue weighted by molar-refractivity contribution is -0.251. The first-order chi connectivity index (χ1) is 19.6. The van der Waals surface area contributed by atoms with Crippen molar-refractivity contribution in [3.63, 3.8) is 0 Å². The van der Waals surface area contributed by atoms with Gasteiger partial charge in [0.15, 0.2) is 6.10 Å². The maximum atomic E-state index is 13.3. The van der Waals surface area contributed by atoms with Crippen LogP contribution in [-0.4, -0.2) is 84.1 Å². The Kier molecular flexibility index (Phi) is 7.51. The van der Waals surface area contributed by atoms with Crippen molar-refractivity contribution in [2.75, 3.05) is 13.2 Å². The summed E-state index contributed by atoms with van der Waals surface area (Å²) in [6, 6.07) is 0. The van der Waals surface area contributed by atoms with Gasteiger partial charge in [-0.2, -0.15) is 0 Å². The summed E-state index contributed by atoms with van der Waals surface area (Å²) < 4.78 is 41.0. The molecule has 0 bridgehead atoms. The van der Waals surface area contributed by atoms with Crippen molar-refractivity contribution in [3.05, 3.63) is 24.0 Å². The first kappa shape index (κ1) is 30.5. The monoisotopic (exact) mass is 592 g/mol. The minimum absolute atomic E-state index is 0.0249. The van der Waals surface area contributed by atoms with Crippen LogP contribution in [0.4, 0.5) is 0 Å². The van der Waals surface area contributed by atoms with Gasteiger partial charge in [-0.15, -0.1) is 0 Å². The molecule has 2 saturated heterocycles. The van der Waals surface area contributed by atoms with E-state index in [9.17, 15) is 24.3 Å². The molecule has 3 heterocycles. The van der Waals surface area contributed by atoms with E-state index in [0.717, 1.165) is 5.57 Å². The van der Waals surface area contributed by atoms with Crippen molar-refractivity contribution in [2.45, 2.75) is 103 Å². The molecule has 2 aliphatic carbocycles. The molecule has 42 heavy (non-hydrogen) atoms. The van der Waals surface area contributed by atoms with Crippen LogP contribution in [0.15, 0.2) is 24.0 Å². The number of hydrogen-bond donors (Lipinski definition) is 1. The van der Waals surface area contributed by atoms with Crippen molar-refractivity contribution < 1.29 is 57.4 Å². The summed E-state index contributed by atoms with van der Waals surface area (Å²) in [5.41, 5.74) is -4.23. The van der Waals surface area contributed by atoms with Crippen molar-refractivity contribution in [1.82, 2.24) is 0 Å². The fourth-order valence-electron chi connectivity index (χ4n) is 7.75. The van der Waals surface area contributed by atoms with Crippen molar-refractivity contribution in [1.29, 1.82) is 0 Å². The smallest absolute Gasteiger partial charge is 0.350 e. The molecule has 0 radical (unpaired) electrons. The molecule has 10 unspecified atom stereocenters. The molecule has 1 N–H and O–H groups in total. The first-order valence-electron chi connectivity index (χ1n) is 14.3. The Hall–Kier alpha value is -2.96. The van der Waals surface area contributed by atoms with Gasteiger partial charge in [0.2, 0.25) is 11.9 Å². The maximum absolute atomic E-state index is 13.3. The van der Waals surface area contributed by atoms with E-state index in [1.54, 1.807) is 6.26 Å². The van der Waals surface area contributed by atoms with Crippen LogP contribution in [0.25, 0.3) is 0 Å². The second-order valence-corrected chi connectivity index (χ2v) is 12.8. The van der Waals surface area contributed by atoms with Gasteiger partial charge < -0.3 is 38.3 Å². The van der Waals surface area contributed by atoms with Crippen LogP contribution in [0.2, 0.25) is 0 Å². The highest BCUT2D eigenvalue weighted by atomic mass is 16.7. The third-order valence-electron chi connectivity index (χ3n) is 9.91. The molecule has 12 nitrogen and oxygen atoms in total. The fraction of sp³-hybridized carbons (Fsp3) is 0.733. The molecule has 1 spiro atoms. The van der Waals surface area contributed by atoms with Crippen LogP contribution in [-0.2, 0) is 52.3 Å². The molecule has 0 amide bonds. The molecule has 5 aliphatic rings. The van der Waals surface area contributed by atoms with Crippen LogP contribution in [0, 0.1) is 22.7 Å². The predicted octanol–water partition coefficient (Wildman–Crippen LogP) is 2.11. The van der Waals surface area contributed by atoms with Crippen LogP contribution in [0.3, 0.4) is 0 Å². The maximum Gasteiger partial charge on any atom is 0.350 e. The molecular weight excluding hydrogens is 552 g/mol. The Labute approximate surface area is 244 Å². The van der Waals surface area contributed by atoms with E-state index < -0.39 is 76.4 Å². The molecule has 0 aromatic carbocycles. The second kappa shape index (κ2) is 10.3. The lowest BCUT2D eigenvalue weighted by atomic mass is 9.44. The predicted molar refractivity (Wildman–Crippen MR) is 142 cm³/mol. The Morgan fingerprint density at radius 2 is 1.76 bits per heavy atom. The molecule has 232 valence electrons.